The van der Waals surface area contributed by atoms with Gasteiger partial charge in [-0.25, -0.2) is 0 Å². The largest absolute Gasteiger partial charge is 0.367 e. The molecule has 0 radical (unpaired) electrons. The second-order valence-electron chi connectivity index (χ2n) is 5.05. The van der Waals surface area contributed by atoms with Gasteiger partial charge >= 0.3 is 0 Å². The summed E-state index contributed by atoms with van der Waals surface area (Å²) in [5, 5.41) is 6.37. The first-order valence-corrected chi connectivity index (χ1v) is 8.76. The van der Waals surface area contributed by atoms with Gasteiger partial charge in [0.1, 0.15) is 0 Å². The number of thiophene rings is 1. The van der Waals surface area contributed by atoms with E-state index in [0.717, 1.165) is 37.6 Å². The van der Waals surface area contributed by atoms with Gasteiger partial charge in [-0.15, -0.1) is 11.3 Å². The van der Waals surface area contributed by atoms with Gasteiger partial charge < -0.3 is 10.2 Å². The molecule has 4 heteroatoms. The van der Waals surface area contributed by atoms with Crippen molar-refractivity contribution >= 4 is 28.6 Å². The number of hydrogen-bond acceptors (Lipinski definition) is 3. The van der Waals surface area contributed by atoms with Crippen molar-refractivity contribution in [1.82, 2.24) is 5.32 Å². The lowest BCUT2D eigenvalue weighted by molar-refractivity contribution is 0.675. The van der Waals surface area contributed by atoms with Crippen molar-refractivity contribution in [2.45, 2.75) is 33.4 Å². The van der Waals surface area contributed by atoms with Gasteiger partial charge in [-0.1, -0.05) is 30.7 Å². The Morgan fingerprint density at radius 1 is 1.24 bits per heavy atom. The maximum atomic E-state index is 6.43. The van der Waals surface area contributed by atoms with Crippen LogP contribution in [0.5, 0.6) is 0 Å². The summed E-state index contributed by atoms with van der Waals surface area (Å²) in [7, 11) is 0. The summed E-state index contributed by atoms with van der Waals surface area (Å²) in [6.45, 7) is 8.13. The molecule has 1 heterocycles. The Balaban J connectivity index is 2.06. The highest BCUT2D eigenvalue weighted by molar-refractivity contribution is 7.09. The number of nitrogens with zero attached hydrogens (tertiary/aromatic N) is 1. The summed E-state index contributed by atoms with van der Waals surface area (Å²) in [5.74, 6) is 0. The van der Waals surface area contributed by atoms with Gasteiger partial charge in [0.15, 0.2) is 0 Å². The molecule has 0 saturated carbocycles. The Labute approximate surface area is 136 Å². The minimum absolute atomic E-state index is 0.837. The normalized spacial score (nSPS) is 10.8. The Hall–Kier alpha value is -1.03. The first-order valence-electron chi connectivity index (χ1n) is 7.51. The summed E-state index contributed by atoms with van der Waals surface area (Å²) >= 11 is 8.22. The van der Waals surface area contributed by atoms with Crippen LogP contribution in [0.4, 0.5) is 5.69 Å². The van der Waals surface area contributed by atoms with Gasteiger partial charge in [0.25, 0.3) is 0 Å². The minimum Gasteiger partial charge on any atom is -0.367 e. The molecule has 0 bridgehead atoms. The third-order valence-electron chi connectivity index (χ3n) is 3.45. The zero-order chi connectivity index (χ0) is 15.1. The first kappa shape index (κ1) is 16.3. The molecule has 1 aromatic carbocycles. The van der Waals surface area contributed by atoms with Gasteiger partial charge in [-0.2, -0.15) is 0 Å². The lowest BCUT2D eigenvalue weighted by Crippen LogP contribution is -2.21. The standard InChI is InChI=1S/C17H23ClN2S/c1-3-9-19-12-14-7-8-15(11-17(14)18)20(4-2)13-16-6-5-10-21-16/h5-8,10-11,19H,3-4,9,12-13H2,1-2H3. The summed E-state index contributed by atoms with van der Waals surface area (Å²) in [4.78, 5) is 3.72. The molecule has 1 aromatic heterocycles. The van der Waals surface area contributed by atoms with Crippen molar-refractivity contribution in [3.8, 4) is 0 Å². The van der Waals surface area contributed by atoms with E-state index in [1.165, 1.54) is 16.1 Å². The van der Waals surface area contributed by atoms with Crippen LogP contribution in [0.15, 0.2) is 35.7 Å². The van der Waals surface area contributed by atoms with Gasteiger partial charge in [0.05, 0.1) is 6.54 Å². The zero-order valence-electron chi connectivity index (χ0n) is 12.7. The van der Waals surface area contributed by atoms with Gasteiger partial charge in [0.2, 0.25) is 0 Å². The molecule has 0 aliphatic carbocycles. The number of hydrogen-bond donors (Lipinski definition) is 1. The Kier molecular flexibility index (Phi) is 6.55. The lowest BCUT2D eigenvalue weighted by Gasteiger charge is -2.23. The van der Waals surface area contributed by atoms with Crippen molar-refractivity contribution in [3.63, 3.8) is 0 Å². The quantitative estimate of drug-likeness (QED) is 0.693. The molecule has 0 amide bonds. The first-order chi connectivity index (χ1) is 10.2. The molecule has 114 valence electrons. The van der Waals surface area contributed by atoms with Crippen LogP contribution in [-0.2, 0) is 13.1 Å². The lowest BCUT2D eigenvalue weighted by atomic mass is 10.2. The predicted molar refractivity (Wildman–Crippen MR) is 94.5 cm³/mol. The van der Waals surface area contributed by atoms with Gasteiger partial charge in [-0.05, 0) is 49.0 Å². The smallest absolute Gasteiger partial charge is 0.0522 e. The SMILES string of the molecule is CCCNCc1ccc(N(CC)Cc2cccs2)cc1Cl. The van der Waals surface area contributed by atoms with Crippen LogP contribution in [0.2, 0.25) is 5.02 Å². The molecule has 0 atom stereocenters. The second-order valence-corrected chi connectivity index (χ2v) is 6.49. The molecule has 0 aliphatic heterocycles. The van der Waals surface area contributed by atoms with Crippen LogP contribution in [-0.4, -0.2) is 13.1 Å². The van der Waals surface area contributed by atoms with E-state index in [9.17, 15) is 0 Å². The van der Waals surface area contributed by atoms with E-state index in [1.807, 2.05) is 0 Å². The van der Waals surface area contributed by atoms with Crippen LogP contribution in [0.25, 0.3) is 0 Å². The zero-order valence-corrected chi connectivity index (χ0v) is 14.3. The summed E-state index contributed by atoms with van der Waals surface area (Å²) in [6, 6.07) is 10.7. The third kappa shape index (κ3) is 4.73. The molecule has 2 rings (SSSR count). The van der Waals surface area contributed by atoms with E-state index in [2.05, 4.69) is 59.8 Å². The predicted octanol–water partition coefficient (Wildman–Crippen LogP) is 4.93. The molecular weight excluding hydrogens is 300 g/mol. The number of anilines is 1. The van der Waals surface area contributed by atoms with E-state index in [-0.39, 0.29) is 0 Å². The van der Waals surface area contributed by atoms with E-state index >= 15 is 0 Å². The molecule has 2 aromatic rings. The highest BCUT2D eigenvalue weighted by atomic mass is 35.5. The fourth-order valence-corrected chi connectivity index (χ4v) is 3.21. The van der Waals surface area contributed by atoms with Gasteiger partial charge in [-0.3, -0.25) is 0 Å². The Morgan fingerprint density at radius 2 is 2.10 bits per heavy atom. The number of nitrogens with one attached hydrogen (secondary N) is 1. The third-order valence-corrected chi connectivity index (χ3v) is 4.67. The molecule has 0 fully saturated rings. The monoisotopic (exact) mass is 322 g/mol. The summed E-state index contributed by atoms with van der Waals surface area (Å²) in [6.07, 6.45) is 1.14. The van der Waals surface area contributed by atoms with Crippen LogP contribution in [0.1, 0.15) is 30.7 Å². The molecule has 1 N–H and O–H groups in total. The van der Waals surface area contributed by atoms with Crippen LogP contribution in [0.3, 0.4) is 0 Å². The fourth-order valence-electron chi connectivity index (χ4n) is 2.25. The molecule has 2 nitrogen and oxygen atoms in total. The van der Waals surface area contributed by atoms with Crippen molar-refractivity contribution in [3.05, 3.63) is 51.2 Å². The molecule has 0 unspecified atom stereocenters. The average Bonchev–Trinajstić information content (AvgIpc) is 2.99. The summed E-state index contributed by atoms with van der Waals surface area (Å²) < 4.78 is 0. The van der Waals surface area contributed by atoms with E-state index in [0.29, 0.717) is 0 Å². The van der Waals surface area contributed by atoms with E-state index in [1.54, 1.807) is 11.3 Å². The van der Waals surface area contributed by atoms with Crippen LogP contribution < -0.4 is 10.2 Å². The number of rotatable bonds is 8. The minimum atomic E-state index is 0.837. The van der Waals surface area contributed by atoms with Crippen molar-refractivity contribution in [2.24, 2.45) is 0 Å². The Bertz CT molecular complexity index is 540. The van der Waals surface area contributed by atoms with Crippen molar-refractivity contribution in [2.75, 3.05) is 18.0 Å². The Morgan fingerprint density at radius 3 is 2.71 bits per heavy atom. The fraction of sp³-hybridized carbons (Fsp3) is 0.412. The van der Waals surface area contributed by atoms with Crippen LogP contribution in [0, 0.1) is 0 Å². The molecule has 0 saturated heterocycles. The van der Waals surface area contributed by atoms with Crippen LogP contribution >= 0.6 is 22.9 Å². The van der Waals surface area contributed by atoms with Gasteiger partial charge in [0, 0.05) is 28.7 Å². The highest BCUT2D eigenvalue weighted by Crippen LogP contribution is 2.25. The molecule has 21 heavy (non-hydrogen) atoms. The maximum absolute atomic E-state index is 6.43. The average molecular weight is 323 g/mol. The van der Waals surface area contributed by atoms with E-state index in [4.69, 9.17) is 11.6 Å². The van der Waals surface area contributed by atoms with E-state index < -0.39 is 0 Å². The highest BCUT2D eigenvalue weighted by Gasteiger charge is 2.09. The number of benzene rings is 1. The van der Waals surface area contributed by atoms with Crippen molar-refractivity contribution < 1.29 is 0 Å². The van der Waals surface area contributed by atoms with Crippen molar-refractivity contribution in [1.29, 1.82) is 0 Å². The topological polar surface area (TPSA) is 15.3 Å². The maximum Gasteiger partial charge on any atom is 0.0522 e. The molecule has 0 spiro atoms. The summed E-state index contributed by atoms with van der Waals surface area (Å²) in [5.41, 5.74) is 2.36. The number of halogens is 1. The molecular formula is C17H23ClN2S. The molecule has 0 aliphatic rings. The second kappa shape index (κ2) is 8.42.